The minimum absolute atomic E-state index is 0.0187. The van der Waals surface area contributed by atoms with Crippen molar-refractivity contribution < 1.29 is 109 Å². The molecule has 0 aromatic rings. The fourth-order valence-electron chi connectivity index (χ4n) is 16.8. The molecular weight excluding hydrogens is 1010 g/mol. The van der Waals surface area contributed by atoms with Crippen LogP contribution in [0.3, 0.4) is 0 Å². The van der Waals surface area contributed by atoms with Gasteiger partial charge in [-0.2, -0.15) is 0 Å². The van der Waals surface area contributed by atoms with Gasteiger partial charge in [-0.3, -0.25) is 4.79 Å². The summed E-state index contributed by atoms with van der Waals surface area (Å²) in [5.41, 5.74) is -1.00. The quantitative estimate of drug-likeness (QED) is 0.114. The minimum Gasteiger partial charge on any atom is -0.481 e. The average molecular weight is 1100 g/mol. The maximum absolute atomic E-state index is 13.2. The lowest BCUT2D eigenvalue weighted by Gasteiger charge is -2.71. The van der Waals surface area contributed by atoms with Gasteiger partial charge in [0.25, 0.3) is 0 Å². The van der Waals surface area contributed by atoms with E-state index in [1.54, 1.807) is 6.92 Å². The maximum Gasteiger partial charge on any atom is 0.310 e. The van der Waals surface area contributed by atoms with Crippen molar-refractivity contribution in [3.05, 3.63) is 11.6 Å². The maximum atomic E-state index is 13.2. The summed E-state index contributed by atoms with van der Waals surface area (Å²) in [5.74, 6) is -0.601. The Labute approximate surface area is 450 Å². The molecule has 22 heteroatoms. The Balaban J connectivity index is 0.981. The molecule has 4 heterocycles. The Bertz CT molecular complexity index is 2130. The molecule has 0 spiro atoms. The van der Waals surface area contributed by atoms with Crippen LogP contribution in [0.1, 0.15) is 127 Å². The van der Waals surface area contributed by atoms with Gasteiger partial charge >= 0.3 is 5.97 Å². The molecule has 0 radical (unpaired) electrons. The molecule has 4 saturated carbocycles. The molecule has 442 valence electrons. The van der Waals surface area contributed by atoms with E-state index in [0.717, 1.165) is 38.5 Å². The molecule has 9 rings (SSSR count). The van der Waals surface area contributed by atoms with Crippen LogP contribution in [0.15, 0.2) is 11.6 Å². The topological polar surface area (TPSA) is 354 Å². The molecule has 0 amide bonds. The zero-order valence-electron chi connectivity index (χ0n) is 46.0. The van der Waals surface area contributed by atoms with Gasteiger partial charge in [-0.1, -0.05) is 53.2 Å². The number of fused-ring (bicyclic) bond motifs is 7. The van der Waals surface area contributed by atoms with Gasteiger partial charge in [-0.25, -0.2) is 0 Å². The third-order valence-corrected chi connectivity index (χ3v) is 21.9. The van der Waals surface area contributed by atoms with Crippen molar-refractivity contribution in [2.24, 2.45) is 50.2 Å². The molecule has 30 atom stereocenters. The first-order valence-electron chi connectivity index (χ1n) is 28.1. The summed E-state index contributed by atoms with van der Waals surface area (Å²) < 4.78 is 48.3. The second-order valence-corrected chi connectivity index (χ2v) is 26.6. The molecular formula is C55H90O22. The van der Waals surface area contributed by atoms with E-state index < -0.39 is 158 Å². The Morgan fingerprint density at radius 1 is 0.636 bits per heavy atom. The van der Waals surface area contributed by atoms with Crippen LogP contribution in [0, 0.1) is 50.2 Å². The van der Waals surface area contributed by atoms with E-state index in [1.807, 2.05) is 6.92 Å². The molecule has 13 N–H and O–H groups in total. The van der Waals surface area contributed by atoms with E-state index in [1.165, 1.54) is 19.4 Å². The second kappa shape index (κ2) is 21.6. The lowest BCUT2D eigenvalue weighted by molar-refractivity contribution is -0.393. The molecule has 22 nitrogen and oxygen atoms in total. The average Bonchev–Trinajstić information content (AvgIpc) is 3.39. The van der Waals surface area contributed by atoms with Gasteiger partial charge in [0.15, 0.2) is 25.2 Å². The SMILES string of the molecule is CC1OC(O)C(OC2OC(C)C(O)C(OC3OC(C(C)OC4CCC5(C)C(CCC6(C)C5CC=C5C7CC(C)(C)CCC7(C(=O)O)CCC56C)C4(C)CO)C(OC4OC(CO)C(O)C(O)C4O)C(O)C3O)C2O)C(O)C1O. The van der Waals surface area contributed by atoms with E-state index in [9.17, 15) is 71.2 Å². The highest BCUT2D eigenvalue weighted by molar-refractivity contribution is 5.76. The highest BCUT2D eigenvalue weighted by atomic mass is 16.8. The second-order valence-electron chi connectivity index (χ2n) is 26.6. The standard InChI is InChI=1S/C55H90O22/c1-23-32(58)36(62)44(45(67)71-23)77-48-40(66)42(33(59)24(2)72-48)75-47-39(65)37(63)43(76-46-38(64)35(61)34(60)28(21-56)73-46)41(74-47)25(3)70-31-13-14-51(6)29(52(31,7)22-57)12-15-54(9)30(51)11-10-26-27-20-50(4,5)16-18-55(27,49(68)69)19-17-53(26,54)8/h10,23-25,27-48,56-67H,11-22H2,1-9H3,(H,68,69). The predicted molar refractivity (Wildman–Crippen MR) is 266 cm³/mol. The number of carboxylic acids is 1. The zero-order chi connectivity index (χ0) is 56.4. The number of aliphatic hydroxyl groups excluding tert-OH is 12. The molecule has 0 aromatic carbocycles. The number of carbonyl (C=O) groups is 1. The Hall–Kier alpha value is -1.59. The molecule has 9 aliphatic rings. The number of hydrogen-bond acceptors (Lipinski definition) is 21. The van der Waals surface area contributed by atoms with Crippen LogP contribution in [0.2, 0.25) is 0 Å². The van der Waals surface area contributed by atoms with E-state index in [4.69, 9.17) is 37.9 Å². The summed E-state index contributed by atoms with van der Waals surface area (Å²) in [6, 6.07) is 0. The fourth-order valence-corrected chi connectivity index (χ4v) is 16.8. The van der Waals surface area contributed by atoms with Gasteiger partial charge in [0.1, 0.15) is 85.5 Å². The molecule has 30 unspecified atom stereocenters. The fraction of sp³-hybridized carbons (Fsp3) is 0.945. The van der Waals surface area contributed by atoms with Crippen molar-refractivity contribution in [1.82, 2.24) is 0 Å². The van der Waals surface area contributed by atoms with Crippen molar-refractivity contribution in [2.45, 2.75) is 262 Å². The number of carboxylic acid groups (broad SMARTS) is 1. The highest BCUT2D eigenvalue weighted by Gasteiger charge is 2.70. The summed E-state index contributed by atoms with van der Waals surface area (Å²) >= 11 is 0. The number of hydrogen-bond donors (Lipinski definition) is 13. The Morgan fingerprint density at radius 2 is 1.23 bits per heavy atom. The first-order valence-corrected chi connectivity index (χ1v) is 28.1. The molecule has 0 bridgehead atoms. The highest BCUT2D eigenvalue weighted by Crippen LogP contribution is 2.76. The van der Waals surface area contributed by atoms with Crippen molar-refractivity contribution in [3.8, 4) is 0 Å². The summed E-state index contributed by atoms with van der Waals surface area (Å²) in [6.07, 6.45) is -25.5. The summed E-state index contributed by atoms with van der Waals surface area (Å²) in [7, 11) is 0. The third-order valence-electron chi connectivity index (χ3n) is 21.9. The smallest absolute Gasteiger partial charge is 0.310 e. The largest absolute Gasteiger partial charge is 0.481 e. The van der Waals surface area contributed by atoms with Gasteiger partial charge in [-0.15, -0.1) is 0 Å². The van der Waals surface area contributed by atoms with E-state index >= 15 is 0 Å². The molecule has 5 aliphatic carbocycles. The third kappa shape index (κ3) is 9.71. The summed E-state index contributed by atoms with van der Waals surface area (Å²) in [4.78, 5) is 13.2. The number of allylic oxidation sites excluding steroid dienone is 2. The molecule has 4 saturated heterocycles. The normalized spacial score (nSPS) is 55.2. The van der Waals surface area contributed by atoms with Crippen molar-refractivity contribution >= 4 is 5.97 Å². The zero-order valence-corrected chi connectivity index (χ0v) is 46.0. The Morgan fingerprint density at radius 3 is 1.90 bits per heavy atom. The van der Waals surface area contributed by atoms with Crippen LogP contribution in [0.5, 0.6) is 0 Å². The minimum atomic E-state index is -2.03. The van der Waals surface area contributed by atoms with Crippen LogP contribution in [-0.2, 0) is 42.7 Å². The molecule has 77 heavy (non-hydrogen) atoms. The molecule has 8 fully saturated rings. The van der Waals surface area contributed by atoms with Gasteiger partial charge in [-0.05, 0) is 124 Å². The summed E-state index contributed by atoms with van der Waals surface area (Å²) in [5, 5.41) is 144. The van der Waals surface area contributed by atoms with Crippen LogP contribution in [0.4, 0.5) is 0 Å². The van der Waals surface area contributed by atoms with Crippen LogP contribution < -0.4 is 0 Å². The van der Waals surface area contributed by atoms with Crippen LogP contribution in [-0.4, -0.2) is 221 Å². The van der Waals surface area contributed by atoms with Crippen LogP contribution >= 0.6 is 0 Å². The van der Waals surface area contributed by atoms with E-state index in [-0.39, 0.29) is 46.0 Å². The first-order chi connectivity index (χ1) is 35.9. The van der Waals surface area contributed by atoms with Gasteiger partial charge in [0, 0.05) is 5.41 Å². The monoisotopic (exact) mass is 1100 g/mol. The Kier molecular flexibility index (Phi) is 16.8. The van der Waals surface area contributed by atoms with Gasteiger partial charge < -0.3 is 104 Å². The van der Waals surface area contributed by atoms with Gasteiger partial charge in [0.2, 0.25) is 0 Å². The number of aliphatic carboxylic acids is 1. The van der Waals surface area contributed by atoms with E-state index in [0.29, 0.717) is 25.7 Å². The lowest BCUT2D eigenvalue weighted by Crippen LogP contribution is -2.68. The van der Waals surface area contributed by atoms with Crippen molar-refractivity contribution in [2.75, 3.05) is 13.2 Å². The lowest BCUT2D eigenvalue weighted by atomic mass is 9.33. The van der Waals surface area contributed by atoms with Gasteiger partial charge in [0.05, 0.1) is 43.0 Å². The van der Waals surface area contributed by atoms with E-state index in [2.05, 4.69) is 40.7 Å². The molecule has 4 aliphatic heterocycles. The van der Waals surface area contributed by atoms with Crippen molar-refractivity contribution in [3.63, 3.8) is 0 Å². The summed E-state index contributed by atoms with van der Waals surface area (Å²) in [6.45, 7) is 17.1. The first kappa shape index (κ1) is 60.0. The molecule has 0 aromatic heterocycles. The number of ether oxygens (including phenoxy) is 8. The van der Waals surface area contributed by atoms with Crippen LogP contribution in [0.25, 0.3) is 0 Å². The number of rotatable bonds is 12. The van der Waals surface area contributed by atoms with Crippen molar-refractivity contribution in [1.29, 1.82) is 0 Å². The number of aliphatic hydroxyl groups is 12. The predicted octanol–water partition coefficient (Wildman–Crippen LogP) is -0.0535.